The van der Waals surface area contributed by atoms with Crippen LogP contribution in [-0.4, -0.2) is 97.0 Å². The molecule has 10 nitrogen and oxygen atoms in total. The Kier molecular flexibility index (Phi) is 8.15. The molecule has 0 unspecified atom stereocenters. The number of nitrogens with zero attached hydrogens (tertiary/aromatic N) is 8. The van der Waals surface area contributed by atoms with Crippen LogP contribution in [-0.2, 0) is 0 Å². The van der Waals surface area contributed by atoms with Crippen LogP contribution in [0.1, 0.15) is 77.8 Å². The summed E-state index contributed by atoms with van der Waals surface area (Å²) in [5.74, 6) is 3.25. The molecule has 5 fully saturated rings. The molecule has 2 atom stereocenters. The van der Waals surface area contributed by atoms with E-state index in [1.54, 1.807) is 18.6 Å². The first-order chi connectivity index (χ1) is 23.1. The first-order valence-electron chi connectivity index (χ1n) is 18.0. The zero-order chi connectivity index (χ0) is 33.2. The van der Waals surface area contributed by atoms with Crippen LogP contribution >= 0.6 is 0 Å². The third-order valence-electron chi connectivity index (χ3n) is 12.0. The van der Waals surface area contributed by atoms with Crippen molar-refractivity contribution in [3.05, 3.63) is 48.6 Å². The third-order valence-corrected chi connectivity index (χ3v) is 12.0. The minimum Gasteiger partial charge on any atom is -0.434 e. The van der Waals surface area contributed by atoms with Crippen LogP contribution in [0.15, 0.2) is 37.1 Å². The highest BCUT2D eigenvalue weighted by molar-refractivity contribution is 5.73. The Hall–Kier alpha value is -3.28. The van der Waals surface area contributed by atoms with Crippen molar-refractivity contribution >= 4 is 5.82 Å². The molecule has 11 heteroatoms. The van der Waals surface area contributed by atoms with Gasteiger partial charge in [0.05, 0.1) is 11.3 Å². The largest absolute Gasteiger partial charge is 0.434 e. The first-order valence-corrected chi connectivity index (χ1v) is 18.0. The molecule has 2 aromatic heterocycles. The van der Waals surface area contributed by atoms with Crippen LogP contribution in [0.4, 0.5) is 10.2 Å². The fourth-order valence-electron chi connectivity index (χ4n) is 9.24. The number of aliphatic hydroxyl groups is 1. The number of hydrogen-bond acceptors (Lipinski definition) is 10. The van der Waals surface area contributed by atoms with Gasteiger partial charge in [0.1, 0.15) is 24.2 Å². The van der Waals surface area contributed by atoms with Gasteiger partial charge in [0.25, 0.3) is 5.88 Å². The fraction of sp³-hybridized carbons (Fsp3) is 0.649. The van der Waals surface area contributed by atoms with E-state index < -0.39 is 5.60 Å². The number of rotatable bonds is 10. The highest BCUT2D eigenvalue weighted by atomic mass is 19.1. The third kappa shape index (κ3) is 6.07. The van der Waals surface area contributed by atoms with Gasteiger partial charge in [-0.3, -0.25) is 9.80 Å². The van der Waals surface area contributed by atoms with Crippen molar-refractivity contribution in [1.82, 2.24) is 34.9 Å². The monoisotopic (exact) mass is 656 g/mol. The second-order valence-electron chi connectivity index (χ2n) is 16.3. The molecule has 5 aliphatic rings. The molecular formula is C37H49FN8O2. The maximum absolute atomic E-state index is 14.6. The van der Waals surface area contributed by atoms with E-state index in [0.29, 0.717) is 52.8 Å². The Bertz CT molecular complexity index is 1630. The molecule has 2 saturated carbocycles. The lowest BCUT2D eigenvalue weighted by Gasteiger charge is -2.57. The van der Waals surface area contributed by atoms with E-state index in [4.69, 9.17) is 4.74 Å². The summed E-state index contributed by atoms with van der Waals surface area (Å²) in [6, 6.07) is 5.82. The number of anilines is 1. The Balaban J connectivity index is 0.928. The molecule has 5 heterocycles. The Labute approximate surface area is 283 Å². The van der Waals surface area contributed by atoms with Gasteiger partial charge >= 0.3 is 0 Å². The lowest BCUT2D eigenvalue weighted by Crippen LogP contribution is -2.65. The molecule has 1 spiro atoms. The van der Waals surface area contributed by atoms with Gasteiger partial charge in [0, 0.05) is 79.4 Å². The molecule has 48 heavy (non-hydrogen) atoms. The van der Waals surface area contributed by atoms with Crippen molar-refractivity contribution < 1.29 is 14.2 Å². The topological polar surface area (TPSA) is 104 Å². The van der Waals surface area contributed by atoms with E-state index in [2.05, 4.69) is 53.7 Å². The molecule has 0 radical (unpaired) electrons. The van der Waals surface area contributed by atoms with Gasteiger partial charge in [-0.2, -0.15) is 0 Å². The average Bonchev–Trinajstić information content (AvgIpc) is 3.57. The van der Waals surface area contributed by atoms with Crippen molar-refractivity contribution in [2.45, 2.75) is 89.8 Å². The maximum atomic E-state index is 14.6. The Morgan fingerprint density at radius 3 is 2.56 bits per heavy atom. The summed E-state index contributed by atoms with van der Waals surface area (Å²) < 4.78 is 21.0. The molecule has 8 rings (SSSR count). The van der Waals surface area contributed by atoms with Crippen LogP contribution in [0.25, 0.3) is 11.1 Å². The lowest BCUT2D eigenvalue weighted by atomic mass is 9.68. The molecule has 3 saturated heterocycles. The molecular weight excluding hydrogens is 607 g/mol. The summed E-state index contributed by atoms with van der Waals surface area (Å²) in [6.45, 7) is 14.8. The second-order valence-corrected chi connectivity index (χ2v) is 16.3. The van der Waals surface area contributed by atoms with Gasteiger partial charge in [-0.15, -0.1) is 10.2 Å². The van der Waals surface area contributed by atoms with E-state index >= 15 is 0 Å². The molecule has 1 N–H and O–H groups in total. The minimum atomic E-state index is -0.588. The summed E-state index contributed by atoms with van der Waals surface area (Å²) in [5.41, 5.74) is 1.98. The SMILES string of the molecule is CC(C)[C@H](C1CC(N2CC[C@H](C(C)(C)O)C2)C1)N1CC2(CCN(c3ncnnc3Oc3ccc(F)cc3-c3cncnc3C3CC3)C2)C1. The van der Waals surface area contributed by atoms with Gasteiger partial charge in [-0.25, -0.2) is 19.3 Å². The summed E-state index contributed by atoms with van der Waals surface area (Å²) >= 11 is 0. The van der Waals surface area contributed by atoms with Gasteiger partial charge in [-0.05, 0) is 89.0 Å². The van der Waals surface area contributed by atoms with Gasteiger partial charge in [-0.1, -0.05) is 13.8 Å². The lowest BCUT2D eigenvalue weighted by molar-refractivity contribution is -0.0793. The number of hydrogen-bond donors (Lipinski definition) is 1. The van der Waals surface area contributed by atoms with E-state index in [-0.39, 0.29) is 11.2 Å². The van der Waals surface area contributed by atoms with Crippen molar-refractivity contribution in [2.75, 3.05) is 44.2 Å². The van der Waals surface area contributed by atoms with E-state index in [0.717, 1.165) is 82.1 Å². The predicted molar refractivity (Wildman–Crippen MR) is 181 cm³/mol. The highest BCUT2D eigenvalue weighted by Gasteiger charge is 2.53. The fourth-order valence-corrected chi connectivity index (χ4v) is 9.24. The predicted octanol–water partition coefficient (Wildman–Crippen LogP) is 5.55. The zero-order valence-electron chi connectivity index (χ0n) is 28.7. The number of ether oxygens (including phenoxy) is 1. The van der Waals surface area contributed by atoms with Crippen LogP contribution in [0.5, 0.6) is 11.6 Å². The summed E-state index contributed by atoms with van der Waals surface area (Å²) in [4.78, 5) is 21.1. The molecule has 3 aliphatic heterocycles. The number of aromatic nitrogens is 5. The maximum Gasteiger partial charge on any atom is 0.282 e. The van der Waals surface area contributed by atoms with Crippen molar-refractivity contribution in [2.24, 2.45) is 23.2 Å². The molecule has 3 aromatic rings. The van der Waals surface area contributed by atoms with E-state index in [1.165, 1.54) is 31.3 Å². The first kappa shape index (κ1) is 32.0. The molecule has 0 bridgehead atoms. The summed E-state index contributed by atoms with van der Waals surface area (Å²) in [7, 11) is 0. The minimum absolute atomic E-state index is 0.231. The number of halogens is 1. The van der Waals surface area contributed by atoms with Gasteiger partial charge in [0.2, 0.25) is 0 Å². The standard InChI is InChI=1S/C37H49FN8O2/c1-23(2)33(25-13-28(14-25)44-11-9-26(17-44)36(3,4)47)46-19-37(20-46)10-12-45(18-37)34-35(43-42-22-41-34)48-31-8-7-27(38)15-29(31)30-16-39-21-40-32(30)24-5-6-24/h7-8,15-16,21-26,28,33,47H,5-6,9-14,17-20H2,1-4H3/t25?,26-,28?,33+/m0/s1. The van der Waals surface area contributed by atoms with Crippen molar-refractivity contribution in [3.8, 4) is 22.8 Å². The summed E-state index contributed by atoms with van der Waals surface area (Å²) in [6.07, 6.45) is 11.7. The molecule has 0 amide bonds. The number of benzene rings is 1. The van der Waals surface area contributed by atoms with Gasteiger partial charge < -0.3 is 14.7 Å². The molecule has 1 aromatic carbocycles. The van der Waals surface area contributed by atoms with Crippen molar-refractivity contribution in [3.63, 3.8) is 0 Å². The summed E-state index contributed by atoms with van der Waals surface area (Å²) in [5, 5.41) is 19.0. The molecule has 2 aliphatic carbocycles. The van der Waals surface area contributed by atoms with Crippen LogP contribution in [0.3, 0.4) is 0 Å². The highest BCUT2D eigenvalue weighted by Crippen LogP contribution is 2.49. The Morgan fingerprint density at radius 1 is 1.02 bits per heavy atom. The average molecular weight is 657 g/mol. The second kappa shape index (κ2) is 12.2. The van der Waals surface area contributed by atoms with Crippen LogP contribution < -0.4 is 9.64 Å². The molecule has 256 valence electrons. The Morgan fingerprint density at radius 2 is 1.83 bits per heavy atom. The van der Waals surface area contributed by atoms with E-state index in [9.17, 15) is 9.50 Å². The van der Waals surface area contributed by atoms with Crippen molar-refractivity contribution in [1.29, 1.82) is 0 Å². The number of likely N-dealkylation sites (tertiary alicyclic amines) is 2. The van der Waals surface area contributed by atoms with Crippen LogP contribution in [0, 0.1) is 29.0 Å². The quantitative estimate of drug-likeness (QED) is 0.299. The zero-order valence-corrected chi connectivity index (χ0v) is 28.7. The van der Waals surface area contributed by atoms with E-state index in [1.807, 2.05) is 13.8 Å². The van der Waals surface area contributed by atoms with Crippen LogP contribution in [0.2, 0.25) is 0 Å². The smallest absolute Gasteiger partial charge is 0.282 e. The normalized spacial score (nSPS) is 26.6. The van der Waals surface area contributed by atoms with Gasteiger partial charge in [0.15, 0.2) is 5.82 Å².